The fourth-order valence-corrected chi connectivity index (χ4v) is 3.48. The minimum absolute atomic E-state index is 0.168. The zero-order valence-corrected chi connectivity index (χ0v) is 19.7. The van der Waals surface area contributed by atoms with Gasteiger partial charge in [-0.05, 0) is 48.5 Å². The van der Waals surface area contributed by atoms with Crippen molar-refractivity contribution in [3.63, 3.8) is 0 Å². The van der Waals surface area contributed by atoms with Crippen LogP contribution in [-0.2, 0) is 4.74 Å². The van der Waals surface area contributed by atoms with Crippen LogP contribution in [0.25, 0.3) is 5.69 Å². The van der Waals surface area contributed by atoms with Gasteiger partial charge in [-0.2, -0.15) is 9.78 Å². The number of amides is 1. The van der Waals surface area contributed by atoms with E-state index in [-0.39, 0.29) is 17.3 Å². The average Bonchev–Trinajstić information content (AvgIpc) is 2.88. The second kappa shape index (κ2) is 11.3. The Kier molecular flexibility index (Phi) is 7.77. The van der Waals surface area contributed by atoms with E-state index in [1.165, 1.54) is 10.9 Å². The lowest BCUT2D eigenvalue weighted by molar-refractivity contribution is 0.0937. The average molecular weight is 491 g/mol. The molecule has 0 saturated heterocycles. The van der Waals surface area contributed by atoms with E-state index < -0.39 is 5.56 Å². The molecule has 3 aromatic carbocycles. The number of para-hydroxylation sites is 2. The molecule has 9 heteroatoms. The summed E-state index contributed by atoms with van der Waals surface area (Å²) in [5, 5.41) is 10.5. The molecule has 0 bridgehead atoms. The Hall–Kier alpha value is -4.14. The molecular weight excluding hydrogens is 468 g/mol. The highest BCUT2D eigenvalue weighted by Crippen LogP contribution is 2.29. The number of carbonyl (C=O) groups is 1. The normalized spacial score (nSPS) is 10.6. The first-order chi connectivity index (χ1) is 17.1. The predicted molar refractivity (Wildman–Crippen MR) is 135 cm³/mol. The number of carbonyl (C=O) groups excluding carboxylic acids is 1. The van der Waals surface area contributed by atoms with E-state index >= 15 is 0 Å². The molecule has 2 N–H and O–H groups in total. The molecule has 4 aromatic rings. The molecule has 0 aliphatic heterocycles. The van der Waals surface area contributed by atoms with E-state index in [0.717, 1.165) is 0 Å². The van der Waals surface area contributed by atoms with Gasteiger partial charge < -0.3 is 20.1 Å². The third-order valence-corrected chi connectivity index (χ3v) is 5.32. The van der Waals surface area contributed by atoms with E-state index in [2.05, 4.69) is 15.7 Å². The van der Waals surface area contributed by atoms with E-state index in [4.69, 9.17) is 21.1 Å². The lowest BCUT2D eigenvalue weighted by atomic mass is 10.2. The van der Waals surface area contributed by atoms with Crippen molar-refractivity contribution in [2.75, 3.05) is 25.6 Å². The van der Waals surface area contributed by atoms with Gasteiger partial charge in [0, 0.05) is 24.9 Å². The van der Waals surface area contributed by atoms with Gasteiger partial charge >= 0.3 is 0 Å². The zero-order valence-electron chi connectivity index (χ0n) is 18.9. The summed E-state index contributed by atoms with van der Waals surface area (Å²) in [6, 6.07) is 22.8. The van der Waals surface area contributed by atoms with Crippen LogP contribution in [-0.4, -0.2) is 35.9 Å². The molecule has 0 fully saturated rings. The number of hydrogen-bond donors (Lipinski definition) is 2. The molecule has 1 aromatic heterocycles. The molecule has 4 rings (SSSR count). The molecule has 0 radical (unpaired) electrons. The Morgan fingerprint density at radius 2 is 1.71 bits per heavy atom. The molecule has 0 unspecified atom stereocenters. The van der Waals surface area contributed by atoms with Crippen molar-refractivity contribution in [2.24, 2.45) is 0 Å². The number of aromatic nitrogens is 2. The van der Waals surface area contributed by atoms with E-state index in [1.54, 1.807) is 67.8 Å². The lowest BCUT2D eigenvalue weighted by Gasteiger charge is -2.15. The number of ether oxygens (including phenoxy) is 2. The van der Waals surface area contributed by atoms with Crippen LogP contribution in [0.3, 0.4) is 0 Å². The first kappa shape index (κ1) is 24.0. The van der Waals surface area contributed by atoms with Gasteiger partial charge in [-0.1, -0.05) is 41.9 Å². The third-order valence-electron chi connectivity index (χ3n) is 5.00. The maximum absolute atomic E-state index is 13.5. The largest absolute Gasteiger partial charge is 0.453 e. The maximum atomic E-state index is 13.5. The molecule has 0 spiro atoms. The van der Waals surface area contributed by atoms with Crippen molar-refractivity contribution in [2.45, 2.75) is 0 Å². The molecule has 178 valence electrons. The number of rotatable bonds is 9. The summed E-state index contributed by atoms with van der Waals surface area (Å²) in [5.74, 6) is 0.577. The molecule has 8 nitrogen and oxygen atoms in total. The number of nitrogens with zero attached hydrogens (tertiary/aromatic N) is 2. The lowest BCUT2D eigenvalue weighted by Crippen LogP contribution is -2.26. The summed E-state index contributed by atoms with van der Waals surface area (Å²) in [4.78, 5) is 25.7. The Morgan fingerprint density at radius 1 is 1.00 bits per heavy atom. The van der Waals surface area contributed by atoms with Gasteiger partial charge in [0.15, 0.2) is 11.4 Å². The highest BCUT2D eigenvalue weighted by molar-refractivity contribution is 6.32. The number of nitrogens with one attached hydrogen (secondary N) is 2. The Balaban J connectivity index is 1.67. The van der Waals surface area contributed by atoms with Crippen LogP contribution in [0, 0.1) is 0 Å². The molecule has 0 saturated carbocycles. The van der Waals surface area contributed by atoms with Gasteiger partial charge in [-0.15, -0.1) is 0 Å². The minimum atomic E-state index is -0.451. The zero-order chi connectivity index (χ0) is 24.6. The standard InChI is InChI=1S/C26H23ClN4O4/c1-34-16-15-28-25(32)18-11-13-19(14-12-18)30-24-23(35-20-7-3-2-4-8-20)17-29-31(26(24)33)22-10-6-5-9-21(22)27/h2-14,17,30H,15-16H2,1H3,(H,28,32). The first-order valence-electron chi connectivity index (χ1n) is 10.8. The number of methoxy groups -OCH3 is 1. The number of anilines is 2. The van der Waals surface area contributed by atoms with Crippen LogP contribution in [0.4, 0.5) is 11.4 Å². The Bertz CT molecular complexity index is 1360. The SMILES string of the molecule is COCCNC(=O)c1ccc(Nc2c(Oc3ccccc3)cnn(-c3ccccc3Cl)c2=O)cc1. The summed E-state index contributed by atoms with van der Waals surface area (Å²) in [6.45, 7) is 0.837. The Morgan fingerprint density at radius 3 is 2.43 bits per heavy atom. The number of halogens is 1. The van der Waals surface area contributed by atoms with Crippen LogP contribution < -0.4 is 20.9 Å². The highest BCUT2D eigenvalue weighted by atomic mass is 35.5. The molecule has 0 aliphatic rings. The van der Waals surface area contributed by atoms with E-state index in [0.29, 0.717) is 40.9 Å². The fourth-order valence-electron chi connectivity index (χ4n) is 3.26. The van der Waals surface area contributed by atoms with Gasteiger partial charge in [0.05, 0.1) is 23.5 Å². The van der Waals surface area contributed by atoms with Gasteiger partial charge in [-0.25, -0.2) is 0 Å². The highest BCUT2D eigenvalue weighted by Gasteiger charge is 2.17. The van der Waals surface area contributed by atoms with Gasteiger partial charge in [-0.3, -0.25) is 9.59 Å². The van der Waals surface area contributed by atoms with Gasteiger partial charge in [0.25, 0.3) is 11.5 Å². The smallest absolute Gasteiger partial charge is 0.299 e. The second-order valence-electron chi connectivity index (χ2n) is 7.42. The van der Waals surface area contributed by atoms with E-state index in [9.17, 15) is 9.59 Å². The maximum Gasteiger partial charge on any atom is 0.299 e. The molecule has 35 heavy (non-hydrogen) atoms. The summed E-state index contributed by atoms with van der Waals surface area (Å²) < 4.78 is 12.1. The molecular formula is C26H23ClN4O4. The summed E-state index contributed by atoms with van der Waals surface area (Å²) in [5.41, 5.74) is 1.23. The van der Waals surface area contributed by atoms with Crippen LogP contribution in [0.2, 0.25) is 5.02 Å². The van der Waals surface area contributed by atoms with Crippen molar-refractivity contribution in [3.8, 4) is 17.2 Å². The predicted octanol–water partition coefficient (Wildman–Crippen LogP) is 4.80. The van der Waals surface area contributed by atoms with Crippen molar-refractivity contribution < 1.29 is 14.3 Å². The summed E-state index contributed by atoms with van der Waals surface area (Å²) in [6.07, 6.45) is 1.46. The van der Waals surface area contributed by atoms with Crippen LogP contribution in [0.15, 0.2) is 89.9 Å². The van der Waals surface area contributed by atoms with Crippen LogP contribution in [0.5, 0.6) is 11.5 Å². The molecule has 0 atom stereocenters. The van der Waals surface area contributed by atoms with Crippen molar-refractivity contribution in [1.82, 2.24) is 15.1 Å². The number of hydrogen-bond acceptors (Lipinski definition) is 6. The Labute approximate surface area is 207 Å². The second-order valence-corrected chi connectivity index (χ2v) is 7.83. The fraction of sp³-hybridized carbons (Fsp3) is 0.115. The van der Waals surface area contributed by atoms with E-state index in [1.807, 2.05) is 18.2 Å². The van der Waals surface area contributed by atoms with Crippen molar-refractivity contribution in [3.05, 3.63) is 106 Å². The summed E-state index contributed by atoms with van der Waals surface area (Å²) in [7, 11) is 1.57. The van der Waals surface area contributed by atoms with Crippen molar-refractivity contribution >= 4 is 28.9 Å². The third kappa shape index (κ3) is 5.87. The molecule has 0 aliphatic carbocycles. The van der Waals surface area contributed by atoms with Crippen LogP contribution >= 0.6 is 11.6 Å². The first-order valence-corrected chi connectivity index (χ1v) is 11.2. The number of benzene rings is 3. The minimum Gasteiger partial charge on any atom is -0.453 e. The molecule has 1 amide bonds. The quantitative estimate of drug-likeness (QED) is 0.327. The van der Waals surface area contributed by atoms with Crippen LogP contribution in [0.1, 0.15) is 10.4 Å². The summed E-state index contributed by atoms with van der Waals surface area (Å²) >= 11 is 6.31. The van der Waals surface area contributed by atoms with Gasteiger partial charge in [0.2, 0.25) is 0 Å². The van der Waals surface area contributed by atoms with Crippen molar-refractivity contribution in [1.29, 1.82) is 0 Å². The molecule has 1 heterocycles. The topological polar surface area (TPSA) is 94.5 Å². The van der Waals surface area contributed by atoms with Gasteiger partial charge in [0.1, 0.15) is 5.75 Å². The monoisotopic (exact) mass is 490 g/mol.